The average Bonchev–Trinajstić information content (AvgIpc) is 3.10. The molecule has 0 spiro atoms. The Kier molecular flexibility index (Phi) is 36.6. The second-order valence-electron chi connectivity index (χ2n) is 16.3. The summed E-state index contributed by atoms with van der Waals surface area (Å²) < 4.78 is 6.13. The Labute approximate surface area is 327 Å². The maximum absolute atomic E-state index is 13.0. The highest BCUT2D eigenvalue weighted by Crippen LogP contribution is 2.21. The number of allylic oxidation sites excluding steroid dienone is 4. The zero-order valence-electron chi connectivity index (χ0n) is 35.1. The van der Waals surface area contributed by atoms with Crippen molar-refractivity contribution in [2.45, 2.75) is 219 Å². The fourth-order valence-corrected chi connectivity index (χ4v) is 7.01. The number of hydrogen-bond donors (Lipinski definition) is 2. The molecule has 0 saturated heterocycles. The molecule has 2 atom stereocenters. The molecule has 0 radical (unpaired) electrons. The van der Waals surface area contributed by atoms with Gasteiger partial charge in [-0.05, 0) is 116 Å². The zero-order chi connectivity index (χ0) is 39.2. The van der Waals surface area contributed by atoms with Crippen LogP contribution in [0.3, 0.4) is 0 Å². The summed E-state index contributed by atoms with van der Waals surface area (Å²) in [6, 6.07) is 0. The number of unbranched alkanes of at least 4 members (excludes halogenated alkanes) is 22. The van der Waals surface area contributed by atoms with Crippen LogP contribution in [0.2, 0.25) is 0 Å². The number of rotatable bonds is 40. The van der Waals surface area contributed by atoms with Crippen molar-refractivity contribution in [2.24, 2.45) is 11.8 Å². The third-order valence-corrected chi connectivity index (χ3v) is 10.6. The highest BCUT2D eigenvalue weighted by molar-refractivity contribution is 5.70. The predicted molar refractivity (Wildman–Crippen MR) is 223 cm³/mol. The normalized spacial score (nSPS) is 13.1. The Morgan fingerprint density at radius 2 is 0.811 bits per heavy atom. The van der Waals surface area contributed by atoms with Crippen LogP contribution < -0.4 is 0 Å². The fraction of sp³-hybridized carbons (Fsp3) is 0.848. The molecular formula is C46H85NO6. The first-order valence-electron chi connectivity index (χ1n) is 22.2. The van der Waals surface area contributed by atoms with E-state index < -0.39 is 11.9 Å². The Balaban J connectivity index is 4.16. The number of hydrogen-bond acceptors (Lipinski definition) is 5. The fourth-order valence-electron chi connectivity index (χ4n) is 7.01. The van der Waals surface area contributed by atoms with Gasteiger partial charge in [0.1, 0.15) is 6.10 Å². The highest BCUT2D eigenvalue weighted by atomic mass is 16.5. The lowest BCUT2D eigenvalue weighted by Crippen LogP contribution is -2.27. The number of aliphatic carboxylic acids is 2. The van der Waals surface area contributed by atoms with Crippen LogP contribution in [-0.4, -0.2) is 59.8 Å². The van der Waals surface area contributed by atoms with E-state index in [0.29, 0.717) is 31.1 Å². The Hall–Kier alpha value is -2.15. The molecule has 2 N–H and O–H groups in total. The topological polar surface area (TPSA) is 104 Å². The first kappa shape index (κ1) is 50.9. The van der Waals surface area contributed by atoms with E-state index in [0.717, 1.165) is 83.6 Å². The Morgan fingerprint density at radius 1 is 0.491 bits per heavy atom. The predicted octanol–water partition coefficient (Wildman–Crippen LogP) is 13.1. The van der Waals surface area contributed by atoms with Gasteiger partial charge in [-0.2, -0.15) is 0 Å². The lowest BCUT2D eigenvalue weighted by atomic mass is 9.92. The average molecular weight is 748 g/mol. The van der Waals surface area contributed by atoms with Crippen LogP contribution >= 0.6 is 0 Å². The summed E-state index contributed by atoms with van der Waals surface area (Å²) in [4.78, 5) is 36.3. The van der Waals surface area contributed by atoms with Gasteiger partial charge in [0.05, 0.1) is 0 Å². The van der Waals surface area contributed by atoms with E-state index in [9.17, 15) is 14.4 Å². The number of esters is 1. The summed E-state index contributed by atoms with van der Waals surface area (Å²) in [5, 5.41) is 17.4. The molecule has 0 saturated carbocycles. The summed E-state index contributed by atoms with van der Waals surface area (Å²) in [6.07, 6.45) is 42.7. The van der Waals surface area contributed by atoms with E-state index in [2.05, 4.69) is 57.1 Å². The van der Waals surface area contributed by atoms with Crippen LogP contribution in [0.4, 0.5) is 0 Å². The minimum absolute atomic E-state index is 0.0132. The van der Waals surface area contributed by atoms with Gasteiger partial charge >= 0.3 is 17.9 Å². The molecule has 310 valence electrons. The van der Waals surface area contributed by atoms with Crippen molar-refractivity contribution >= 4 is 17.9 Å². The van der Waals surface area contributed by atoms with E-state index in [1.807, 2.05) is 0 Å². The van der Waals surface area contributed by atoms with Crippen molar-refractivity contribution in [2.75, 3.05) is 20.6 Å². The van der Waals surface area contributed by atoms with Crippen molar-refractivity contribution in [3.05, 3.63) is 24.3 Å². The van der Waals surface area contributed by atoms with Crippen molar-refractivity contribution in [3.8, 4) is 0 Å². The van der Waals surface area contributed by atoms with Crippen LogP contribution in [0.5, 0.6) is 0 Å². The van der Waals surface area contributed by atoms with Crippen LogP contribution in [-0.2, 0) is 19.1 Å². The van der Waals surface area contributed by atoms with Gasteiger partial charge in [0, 0.05) is 25.8 Å². The Morgan fingerprint density at radius 3 is 1.15 bits per heavy atom. The molecule has 7 nitrogen and oxygen atoms in total. The summed E-state index contributed by atoms with van der Waals surface area (Å²) in [6.45, 7) is 5.40. The molecule has 0 aromatic heterocycles. The molecule has 0 amide bonds. The molecule has 0 rings (SSSR count). The monoisotopic (exact) mass is 748 g/mol. The highest BCUT2D eigenvalue weighted by Gasteiger charge is 2.20. The molecule has 0 aromatic carbocycles. The van der Waals surface area contributed by atoms with Crippen molar-refractivity contribution in [1.82, 2.24) is 4.90 Å². The van der Waals surface area contributed by atoms with Gasteiger partial charge < -0.3 is 19.8 Å². The SMILES string of the molecule is CC(CC(=O)OC(CCCCCCCC/C=C\CCCCCCCC(=O)O)CCCCCCCC/C=C\CCCCCCCC(=O)O)[C@@H](C)CN(C)C. The minimum atomic E-state index is -0.682. The summed E-state index contributed by atoms with van der Waals surface area (Å²) in [5.41, 5.74) is 0. The van der Waals surface area contributed by atoms with Gasteiger partial charge in [-0.1, -0.05) is 128 Å². The number of carboxylic acids is 2. The van der Waals surface area contributed by atoms with E-state index in [1.54, 1.807) is 0 Å². The van der Waals surface area contributed by atoms with E-state index >= 15 is 0 Å². The van der Waals surface area contributed by atoms with Gasteiger partial charge in [-0.25, -0.2) is 0 Å². The second kappa shape index (κ2) is 38.1. The largest absolute Gasteiger partial charge is 0.481 e. The van der Waals surface area contributed by atoms with Crippen molar-refractivity contribution in [1.29, 1.82) is 0 Å². The van der Waals surface area contributed by atoms with Gasteiger partial charge in [0.25, 0.3) is 0 Å². The van der Waals surface area contributed by atoms with Gasteiger partial charge in [-0.3, -0.25) is 14.4 Å². The third kappa shape index (κ3) is 39.4. The molecule has 0 aliphatic heterocycles. The lowest BCUT2D eigenvalue weighted by molar-refractivity contribution is -0.151. The van der Waals surface area contributed by atoms with E-state index in [-0.39, 0.29) is 12.1 Å². The molecule has 53 heavy (non-hydrogen) atoms. The molecule has 1 unspecified atom stereocenters. The van der Waals surface area contributed by atoms with Gasteiger partial charge in [0.15, 0.2) is 0 Å². The Bertz CT molecular complexity index is 862. The summed E-state index contributed by atoms with van der Waals surface area (Å²) in [7, 11) is 4.18. The first-order chi connectivity index (χ1) is 25.6. The number of nitrogens with zero attached hydrogens (tertiary/aromatic N) is 1. The van der Waals surface area contributed by atoms with E-state index in [1.165, 1.54) is 103 Å². The van der Waals surface area contributed by atoms with Gasteiger partial charge in [0.2, 0.25) is 0 Å². The van der Waals surface area contributed by atoms with Crippen molar-refractivity contribution < 1.29 is 29.3 Å². The maximum Gasteiger partial charge on any atom is 0.306 e. The minimum Gasteiger partial charge on any atom is -0.481 e. The number of ether oxygens (including phenoxy) is 1. The smallest absolute Gasteiger partial charge is 0.306 e. The molecule has 0 heterocycles. The first-order valence-corrected chi connectivity index (χ1v) is 22.2. The van der Waals surface area contributed by atoms with Crippen LogP contribution in [0.15, 0.2) is 24.3 Å². The number of carbonyl (C=O) groups is 3. The molecule has 0 aliphatic rings. The lowest BCUT2D eigenvalue weighted by Gasteiger charge is -2.24. The maximum atomic E-state index is 13.0. The summed E-state index contributed by atoms with van der Waals surface area (Å²) in [5.74, 6) is -0.598. The summed E-state index contributed by atoms with van der Waals surface area (Å²) >= 11 is 0. The van der Waals surface area contributed by atoms with Crippen LogP contribution in [0.25, 0.3) is 0 Å². The van der Waals surface area contributed by atoms with Crippen LogP contribution in [0.1, 0.15) is 213 Å². The molecule has 0 aliphatic carbocycles. The second-order valence-corrected chi connectivity index (χ2v) is 16.3. The standard InChI is InChI=1S/C46H85NO6/c1-41(42(2)40-47(3)4)39-46(52)53-43(35-31-27-23-19-15-11-7-5-9-13-17-21-25-29-33-37-44(48)49)36-32-28-24-20-16-12-8-6-10-14-18-22-26-30-34-38-45(50)51/h5-6,9-10,41-43H,7-8,11-40H2,1-4H3,(H,48,49)(H,50,51)/b9-5-,10-6-/t41?,42-/m0/s1. The molecular weight excluding hydrogens is 663 g/mol. The van der Waals surface area contributed by atoms with Crippen LogP contribution in [0, 0.1) is 11.8 Å². The molecule has 0 fully saturated rings. The molecule has 0 aromatic rings. The zero-order valence-corrected chi connectivity index (χ0v) is 35.1. The quantitative estimate of drug-likeness (QED) is 0.0365. The van der Waals surface area contributed by atoms with E-state index in [4.69, 9.17) is 14.9 Å². The molecule has 0 bridgehead atoms. The number of carbonyl (C=O) groups excluding carboxylic acids is 1. The van der Waals surface area contributed by atoms with Crippen molar-refractivity contribution in [3.63, 3.8) is 0 Å². The van der Waals surface area contributed by atoms with Gasteiger partial charge in [-0.15, -0.1) is 0 Å². The molecule has 7 heteroatoms. The number of carboxylic acid groups (broad SMARTS) is 2. The third-order valence-electron chi connectivity index (χ3n) is 10.6.